The fourth-order valence-corrected chi connectivity index (χ4v) is 1.76. The molecule has 1 aromatic rings. The van der Waals surface area contributed by atoms with Crippen LogP contribution in [0.5, 0.6) is 0 Å². The van der Waals surface area contributed by atoms with Crippen molar-refractivity contribution in [2.45, 2.75) is 19.1 Å². The van der Waals surface area contributed by atoms with Crippen LogP contribution in [0.25, 0.3) is 0 Å². The predicted octanol–water partition coefficient (Wildman–Crippen LogP) is -1.42. The van der Waals surface area contributed by atoms with Crippen molar-refractivity contribution >= 4 is 12.0 Å². The minimum absolute atomic E-state index is 0.179. The van der Waals surface area contributed by atoms with E-state index in [1.54, 1.807) is 6.92 Å². The quantitative estimate of drug-likeness (QED) is 0.598. The highest BCUT2D eigenvalue weighted by molar-refractivity contribution is 5.75. The molecule has 10 nitrogen and oxygen atoms in total. The zero-order valence-corrected chi connectivity index (χ0v) is 10.3. The number of nitrogens with one attached hydrogen (secondary N) is 2. The first-order valence-electron chi connectivity index (χ1n) is 5.59. The second-order valence-corrected chi connectivity index (χ2v) is 4.48. The van der Waals surface area contributed by atoms with Gasteiger partial charge in [0, 0.05) is 0 Å². The monoisotopic (exact) mass is 270 g/mol. The van der Waals surface area contributed by atoms with Gasteiger partial charge in [0.15, 0.2) is 5.82 Å². The number of carboxylic acids is 1. The maximum absolute atomic E-state index is 11.7. The molecule has 2 rings (SSSR count). The average molecular weight is 270 g/mol. The Hall–Kier alpha value is -2.23. The van der Waals surface area contributed by atoms with Crippen molar-refractivity contribution in [3.63, 3.8) is 0 Å². The van der Waals surface area contributed by atoms with Crippen LogP contribution in [-0.4, -0.2) is 67.9 Å². The molecule has 1 aliphatic rings. The van der Waals surface area contributed by atoms with Crippen LogP contribution in [0.3, 0.4) is 0 Å². The molecule has 0 spiro atoms. The third kappa shape index (κ3) is 3.37. The Labute approximate surface area is 108 Å². The molecule has 1 saturated heterocycles. The van der Waals surface area contributed by atoms with Gasteiger partial charge in [0.2, 0.25) is 0 Å². The lowest BCUT2D eigenvalue weighted by atomic mass is 9.97. The van der Waals surface area contributed by atoms with Crippen LogP contribution in [0.1, 0.15) is 12.7 Å². The van der Waals surface area contributed by atoms with Crippen molar-refractivity contribution in [1.29, 1.82) is 0 Å². The van der Waals surface area contributed by atoms with Gasteiger partial charge in [-0.15, -0.1) is 10.2 Å². The van der Waals surface area contributed by atoms with Crippen molar-refractivity contribution < 1.29 is 19.4 Å². The lowest BCUT2D eigenvalue weighted by Gasteiger charge is -2.46. The van der Waals surface area contributed by atoms with E-state index in [-0.39, 0.29) is 19.2 Å². The van der Waals surface area contributed by atoms with Crippen LogP contribution in [-0.2, 0) is 16.1 Å². The minimum Gasteiger partial charge on any atom is -0.480 e. The number of carbonyl (C=O) groups is 2. The summed E-state index contributed by atoms with van der Waals surface area (Å²) in [6.07, 6.45) is 0. The lowest BCUT2D eigenvalue weighted by Crippen LogP contribution is -2.65. The summed E-state index contributed by atoms with van der Waals surface area (Å²) in [5, 5.41) is 24.2. The summed E-state index contributed by atoms with van der Waals surface area (Å²) in [6.45, 7) is 2.27. The molecule has 1 aromatic heterocycles. The van der Waals surface area contributed by atoms with Crippen LogP contribution in [0, 0.1) is 0 Å². The Balaban J connectivity index is 1.70. The van der Waals surface area contributed by atoms with Crippen molar-refractivity contribution in [2.24, 2.45) is 0 Å². The first kappa shape index (κ1) is 13.2. The van der Waals surface area contributed by atoms with E-state index < -0.39 is 11.6 Å². The summed E-state index contributed by atoms with van der Waals surface area (Å²) in [7, 11) is 0. The number of hydrogen-bond donors (Lipinski definition) is 3. The van der Waals surface area contributed by atoms with Crippen LogP contribution in [0.15, 0.2) is 0 Å². The highest BCUT2D eigenvalue weighted by Gasteiger charge is 2.42. The molecule has 2 heterocycles. The van der Waals surface area contributed by atoms with Gasteiger partial charge in [0.25, 0.3) is 0 Å². The number of aliphatic carboxylic acids is 1. The smallest absolute Gasteiger partial charge is 0.329 e. The Bertz CT molecular complexity index is 455. The van der Waals surface area contributed by atoms with Crippen LogP contribution in [0.4, 0.5) is 4.79 Å². The number of carbonyl (C=O) groups excluding carboxylic acids is 1. The summed E-state index contributed by atoms with van der Waals surface area (Å²) >= 11 is 0. The van der Waals surface area contributed by atoms with Gasteiger partial charge in [-0.25, -0.2) is 9.59 Å². The number of tetrazole rings is 1. The number of urea groups is 1. The van der Waals surface area contributed by atoms with E-state index in [0.717, 1.165) is 0 Å². The molecule has 1 aliphatic heterocycles. The summed E-state index contributed by atoms with van der Waals surface area (Å²) in [4.78, 5) is 23.6. The van der Waals surface area contributed by atoms with E-state index in [2.05, 4.69) is 25.9 Å². The molecule has 0 unspecified atom stereocenters. The van der Waals surface area contributed by atoms with Crippen molar-refractivity contribution in [1.82, 2.24) is 30.8 Å². The van der Waals surface area contributed by atoms with Gasteiger partial charge in [-0.2, -0.15) is 5.21 Å². The predicted molar refractivity (Wildman–Crippen MR) is 60.0 cm³/mol. The molecule has 0 radical (unpaired) electrons. The molecular weight excluding hydrogens is 256 g/mol. The summed E-state index contributed by atoms with van der Waals surface area (Å²) in [5.41, 5.74) is -0.595. The van der Waals surface area contributed by atoms with Gasteiger partial charge in [-0.1, -0.05) is 5.21 Å². The van der Waals surface area contributed by atoms with Gasteiger partial charge >= 0.3 is 12.0 Å². The van der Waals surface area contributed by atoms with Gasteiger partial charge < -0.3 is 20.1 Å². The standard InChI is InChI=1S/C9H14N6O4/c1-9(19-3-7(16)17)4-15(5-9)8(18)10-2-6-11-13-14-12-6/h2-5H2,1H3,(H,10,18)(H,16,17)(H,11,12,13,14). The fraction of sp³-hybridized carbons (Fsp3) is 0.667. The van der Waals surface area contributed by atoms with Crippen molar-refractivity contribution in [3.8, 4) is 0 Å². The number of hydrogen-bond acceptors (Lipinski definition) is 6. The Morgan fingerprint density at radius 1 is 1.58 bits per heavy atom. The Morgan fingerprint density at radius 2 is 2.32 bits per heavy atom. The van der Waals surface area contributed by atoms with Crippen LogP contribution in [0.2, 0.25) is 0 Å². The summed E-state index contributed by atoms with van der Waals surface area (Å²) < 4.78 is 5.20. The molecule has 0 aliphatic carbocycles. The molecule has 104 valence electrons. The zero-order valence-electron chi connectivity index (χ0n) is 10.3. The van der Waals surface area contributed by atoms with Crippen LogP contribution >= 0.6 is 0 Å². The number of ether oxygens (including phenoxy) is 1. The third-order valence-electron chi connectivity index (χ3n) is 2.67. The number of aromatic nitrogens is 4. The van der Waals surface area contributed by atoms with E-state index in [4.69, 9.17) is 9.84 Å². The first-order chi connectivity index (χ1) is 8.98. The zero-order chi connectivity index (χ0) is 13.9. The van der Waals surface area contributed by atoms with E-state index in [9.17, 15) is 9.59 Å². The minimum atomic E-state index is -1.03. The molecule has 2 amide bonds. The largest absolute Gasteiger partial charge is 0.480 e. The Morgan fingerprint density at radius 3 is 2.89 bits per heavy atom. The fourth-order valence-electron chi connectivity index (χ4n) is 1.76. The second-order valence-electron chi connectivity index (χ2n) is 4.48. The molecule has 0 saturated carbocycles. The molecule has 10 heteroatoms. The molecule has 0 atom stereocenters. The van der Waals surface area contributed by atoms with Crippen LogP contribution < -0.4 is 5.32 Å². The van der Waals surface area contributed by atoms with E-state index in [1.165, 1.54) is 4.90 Å². The normalized spacial score (nSPS) is 16.8. The van der Waals surface area contributed by atoms with Crippen molar-refractivity contribution in [3.05, 3.63) is 5.82 Å². The van der Waals surface area contributed by atoms with E-state index in [0.29, 0.717) is 18.9 Å². The number of H-pyrrole nitrogens is 1. The molecule has 0 aromatic carbocycles. The van der Waals surface area contributed by atoms with Gasteiger partial charge in [0.05, 0.1) is 19.6 Å². The number of likely N-dealkylation sites (tertiary alicyclic amines) is 1. The number of aromatic amines is 1. The summed E-state index contributed by atoms with van der Waals surface area (Å²) in [6, 6.07) is -0.277. The number of nitrogens with zero attached hydrogens (tertiary/aromatic N) is 4. The lowest BCUT2D eigenvalue weighted by molar-refractivity contribution is -0.159. The van der Waals surface area contributed by atoms with Crippen molar-refractivity contribution in [2.75, 3.05) is 19.7 Å². The first-order valence-corrected chi connectivity index (χ1v) is 5.59. The second kappa shape index (κ2) is 5.18. The number of rotatable bonds is 5. The highest BCUT2D eigenvalue weighted by atomic mass is 16.5. The third-order valence-corrected chi connectivity index (χ3v) is 2.67. The molecule has 0 bridgehead atoms. The topological polar surface area (TPSA) is 133 Å². The number of carboxylic acid groups (broad SMARTS) is 1. The Kier molecular flexibility index (Phi) is 3.60. The maximum atomic E-state index is 11.7. The average Bonchev–Trinajstić information content (AvgIpc) is 2.83. The molecule has 19 heavy (non-hydrogen) atoms. The molecular formula is C9H14N6O4. The maximum Gasteiger partial charge on any atom is 0.329 e. The van der Waals surface area contributed by atoms with E-state index in [1.807, 2.05) is 0 Å². The number of amides is 2. The summed E-state index contributed by atoms with van der Waals surface area (Å²) in [5.74, 6) is -0.639. The molecule has 3 N–H and O–H groups in total. The van der Waals surface area contributed by atoms with Gasteiger partial charge in [-0.05, 0) is 6.92 Å². The van der Waals surface area contributed by atoms with Gasteiger partial charge in [-0.3, -0.25) is 0 Å². The molecule has 1 fully saturated rings. The van der Waals surface area contributed by atoms with E-state index >= 15 is 0 Å². The van der Waals surface area contributed by atoms with Gasteiger partial charge in [0.1, 0.15) is 12.2 Å². The SMILES string of the molecule is CC1(OCC(=O)O)CN(C(=O)NCc2nn[nH]n2)C1. The highest BCUT2D eigenvalue weighted by Crippen LogP contribution is 2.24.